The van der Waals surface area contributed by atoms with Crippen LogP contribution in [0.1, 0.15) is 18.2 Å². The third-order valence-electron chi connectivity index (χ3n) is 2.61. The van der Waals surface area contributed by atoms with E-state index in [1.54, 1.807) is 0 Å². The van der Waals surface area contributed by atoms with Gasteiger partial charge < -0.3 is 5.32 Å². The van der Waals surface area contributed by atoms with E-state index in [0.717, 1.165) is 29.4 Å². The Morgan fingerprint density at radius 2 is 2.24 bits per heavy atom. The van der Waals surface area contributed by atoms with E-state index in [1.165, 1.54) is 5.56 Å². The molecule has 0 unspecified atom stereocenters. The van der Waals surface area contributed by atoms with Crippen molar-refractivity contribution in [1.82, 2.24) is 9.78 Å². The van der Waals surface area contributed by atoms with Gasteiger partial charge in [-0.1, -0.05) is 30.7 Å². The van der Waals surface area contributed by atoms with Crippen molar-refractivity contribution < 1.29 is 0 Å². The van der Waals surface area contributed by atoms with Gasteiger partial charge in [-0.05, 0) is 24.1 Å². The average Bonchev–Trinajstić information content (AvgIpc) is 2.67. The fourth-order valence-corrected chi connectivity index (χ4v) is 2.00. The number of aromatic nitrogens is 2. The van der Waals surface area contributed by atoms with Crippen LogP contribution in [0.3, 0.4) is 0 Å². The van der Waals surface area contributed by atoms with Crippen molar-refractivity contribution in [2.24, 2.45) is 7.05 Å². The number of nitrogens with zero attached hydrogens (tertiary/aromatic N) is 2. The normalized spacial score (nSPS) is 10.5. The molecule has 0 spiro atoms. The highest BCUT2D eigenvalue weighted by Gasteiger charge is 2.04. The second-order valence-corrected chi connectivity index (χ2v) is 4.44. The summed E-state index contributed by atoms with van der Waals surface area (Å²) >= 11 is 5.95. The van der Waals surface area contributed by atoms with Gasteiger partial charge in [0.15, 0.2) is 0 Å². The van der Waals surface area contributed by atoms with Crippen LogP contribution in [0.25, 0.3) is 0 Å². The van der Waals surface area contributed by atoms with Crippen LogP contribution in [0.5, 0.6) is 0 Å². The van der Waals surface area contributed by atoms with Crippen molar-refractivity contribution in [3.05, 3.63) is 46.7 Å². The van der Waals surface area contributed by atoms with Crippen molar-refractivity contribution >= 4 is 17.3 Å². The topological polar surface area (TPSA) is 29.9 Å². The Labute approximate surface area is 106 Å². The lowest BCUT2D eigenvalue weighted by molar-refractivity contribution is 0.746. The predicted molar refractivity (Wildman–Crippen MR) is 71.4 cm³/mol. The maximum atomic E-state index is 5.95. The molecule has 0 bridgehead atoms. The van der Waals surface area contributed by atoms with Gasteiger partial charge in [-0.15, -0.1) is 0 Å². The molecule has 0 amide bonds. The van der Waals surface area contributed by atoms with Crippen molar-refractivity contribution in [3.63, 3.8) is 0 Å². The molecule has 0 aliphatic carbocycles. The minimum absolute atomic E-state index is 0.763. The molecule has 3 nitrogen and oxygen atoms in total. The van der Waals surface area contributed by atoms with E-state index in [0.29, 0.717) is 0 Å². The van der Waals surface area contributed by atoms with Gasteiger partial charge in [-0.3, -0.25) is 4.68 Å². The summed E-state index contributed by atoms with van der Waals surface area (Å²) in [6.45, 7) is 2.87. The van der Waals surface area contributed by atoms with Gasteiger partial charge in [-0.2, -0.15) is 5.10 Å². The summed E-state index contributed by atoms with van der Waals surface area (Å²) in [6, 6.07) is 7.87. The fourth-order valence-electron chi connectivity index (χ4n) is 1.79. The van der Waals surface area contributed by atoms with E-state index < -0.39 is 0 Å². The van der Waals surface area contributed by atoms with Gasteiger partial charge >= 0.3 is 0 Å². The molecule has 17 heavy (non-hydrogen) atoms. The Kier molecular flexibility index (Phi) is 3.69. The number of benzene rings is 1. The minimum atomic E-state index is 0.763. The summed E-state index contributed by atoms with van der Waals surface area (Å²) in [7, 11) is 1.93. The zero-order chi connectivity index (χ0) is 12.3. The SMILES string of the molecule is CCc1nn(C)cc1NCc1cccc(Cl)c1. The molecule has 0 atom stereocenters. The summed E-state index contributed by atoms with van der Waals surface area (Å²) < 4.78 is 1.83. The van der Waals surface area contributed by atoms with Crippen molar-refractivity contribution in [1.29, 1.82) is 0 Å². The summed E-state index contributed by atoms with van der Waals surface area (Å²) in [5, 5.41) is 8.54. The quantitative estimate of drug-likeness (QED) is 0.902. The molecule has 1 heterocycles. The van der Waals surface area contributed by atoms with Gasteiger partial charge in [0.2, 0.25) is 0 Å². The molecule has 1 aromatic heterocycles. The zero-order valence-electron chi connectivity index (χ0n) is 10.1. The third-order valence-corrected chi connectivity index (χ3v) is 2.85. The minimum Gasteiger partial charge on any atom is -0.378 e. The predicted octanol–water partition coefficient (Wildman–Crippen LogP) is 3.25. The van der Waals surface area contributed by atoms with Crippen molar-refractivity contribution in [3.8, 4) is 0 Å². The third kappa shape index (κ3) is 3.01. The second-order valence-electron chi connectivity index (χ2n) is 4.00. The van der Waals surface area contributed by atoms with Crippen molar-refractivity contribution in [2.75, 3.05) is 5.32 Å². The number of halogens is 1. The second kappa shape index (κ2) is 5.23. The van der Waals surface area contributed by atoms with Crippen LogP contribution in [-0.4, -0.2) is 9.78 Å². The Morgan fingerprint density at radius 3 is 2.94 bits per heavy atom. The maximum absolute atomic E-state index is 5.95. The summed E-state index contributed by atoms with van der Waals surface area (Å²) in [4.78, 5) is 0. The smallest absolute Gasteiger partial charge is 0.0853 e. The molecular formula is C13H16ClN3. The lowest BCUT2D eigenvalue weighted by Gasteiger charge is -2.05. The van der Waals surface area contributed by atoms with Crippen LogP contribution in [0, 0.1) is 0 Å². The van der Waals surface area contributed by atoms with Crippen LogP contribution < -0.4 is 5.32 Å². The van der Waals surface area contributed by atoms with Crippen LogP contribution in [0.4, 0.5) is 5.69 Å². The molecular weight excluding hydrogens is 234 g/mol. The summed E-state index contributed by atoms with van der Waals surface area (Å²) in [5.41, 5.74) is 3.35. The fraction of sp³-hybridized carbons (Fsp3) is 0.308. The number of nitrogens with one attached hydrogen (secondary N) is 1. The number of rotatable bonds is 4. The van der Waals surface area contributed by atoms with Gasteiger partial charge in [0.25, 0.3) is 0 Å². The first-order valence-electron chi connectivity index (χ1n) is 5.70. The first kappa shape index (κ1) is 12.0. The van der Waals surface area contributed by atoms with E-state index in [9.17, 15) is 0 Å². The van der Waals surface area contributed by atoms with E-state index in [2.05, 4.69) is 23.4 Å². The average molecular weight is 250 g/mol. The van der Waals surface area contributed by atoms with Gasteiger partial charge in [0.05, 0.1) is 11.4 Å². The first-order chi connectivity index (χ1) is 8.19. The molecule has 0 aliphatic rings. The largest absolute Gasteiger partial charge is 0.378 e. The number of hydrogen-bond donors (Lipinski definition) is 1. The first-order valence-corrected chi connectivity index (χ1v) is 6.07. The van der Waals surface area contributed by atoms with Gasteiger partial charge in [0.1, 0.15) is 0 Å². The molecule has 0 radical (unpaired) electrons. The van der Waals surface area contributed by atoms with Gasteiger partial charge in [0, 0.05) is 24.8 Å². The highest BCUT2D eigenvalue weighted by atomic mass is 35.5. The van der Waals surface area contributed by atoms with Crippen LogP contribution in [0.2, 0.25) is 5.02 Å². The Hall–Kier alpha value is -1.48. The standard InChI is InChI=1S/C13H16ClN3/c1-3-12-13(9-17(2)16-12)15-8-10-5-4-6-11(14)7-10/h4-7,9,15H,3,8H2,1-2H3. The number of hydrogen-bond acceptors (Lipinski definition) is 2. The molecule has 0 fully saturated rings. The molecule has 2 aromatic rings. The van der Waals surface area contributed by atoms with Gasteiger partial charge in [-0.25, -0.2) is 0 Å². The Morgan fingerprint density at radius 1 is 1.41 bits per heavy atom. The van der Waals surface area contributed by atoms with Crippen LogP contribution >= 0.6 is 11.6 Å². The molecule has 90 valence electrons. The maximum Gasteiger partial charge on any atom is 0.0853 e. The summed E-state index contributed by atoms with van der Waals surface area (Å²) in [6.07, 6.45) is 2.93. The zero-order valence-corrected chi connectivity index (χ0v) is 10.8. The van der Waals surface area contributed by atoms with Crippen LogP contribution in [0.15, 0.2) is 30.5 Å². The Balaban J connectivity index is 2.06. The molecule has 4 heteroatoms. The molecule has 0 saturated carbocycles. The highest BCUT2D eigenvalue weighted by Crippen LogP contribution is 2.16. The number of aryl methyl sites for hydroxylation is 2. The molecule has 1 aromatic carbocycles. The lowest BCUT2D eigenvalue weighted by atomic mass is 10.2. The van der Waals surface area contributed by atoms with E-state index in [1.807, 2.05) is 36.1 Å². The molecule has 1 N–H and O–H groups in total. The number of anilines is 1. The molecule has 2 rings (SSSR count). The molecule has 0 saturated heterocycles. The van der Waals surface area contributed by atoms with E-state index in [4.69, 9.17) is 11.6 Å². The van der Waals surface area contributed by atoms with E-state index >= 15 is 0 Å². The van der Waals surface area contributed by atoms with E-state index in [-0.39, 0.29) is 0 Å². The highest BCUT2D eigenvalue weighted by molar-refractivity contribution is 6.30. The van der Waals surface area contributed by atoms with Crippen molar-refractivity contribution in [2.45, 2.75) is 19.9 Å². The Bertz CT molecular complexity index is 505. The summed E-state index contributed by atoms with van der Waals surface area (Å²) in [5.74, 6) is 0. The van der Waals surface area contributed by atoms with Crippen LogP contribution in [-0.2, 0) is 20.0 Å². The lowest BCUT2D eigenvalue weighted by Crippen LogP contribution is -2.00. The molecule has 0 aliphatic heterocycles. The monoisotopic (exact) mass is 249 g/mol.